The monoisotopic (exact) mass is 537 g/mol. The Labute approximate surface area is 214 Å². The average molecular weight is 538 g/mol. The Morgan fingerprint density at radius 1 is 1.11 bits per heavy atom. The lowest BCUT2D eigenvalue weighted by molar-refractivity contribution is -0.138. The van der Waals surface area contributed by atoms with Crippen molar-refractivity contribution >= 4 is 40.0 Å². The molecule has 1 unspecified atom stereocenters. The van der Waals surface area contributed by atoms with Crippen molar-refractivity contribution in [1.29, 1.82) is 0 Å². The summed E-state index contributed by atoms with van der Waals surface area (Å²) < 4.78 is 44.1. The zero-order chi connectivity index (χ0) is 26.2. The molecule has 10 nitrogen and oxygen atoms in total. The predicted octanol–water partition coefficient (Wildman–Crippen LogP) is 2.33. The molecule has 0 bridgehead atoms. The molecular weight excluding hydrogens is 515 g/mol. The molecule has 2 aromatic heterocycles. The van der Waals surface area contributed by atoms with Gasteiger partial charge in [-0.25, -0.2) is 15.1 Å². The molecule has 14 heteroatoms. The van der Waals surface area contributed by atoms with E-state index in [1.54, 1.807) is 28.0 Å². The van der Waals surface area contributed by atoms with E-state index in [1.165, 1.54) is 0 Å². The van der Waals surface area contributed by atoms with Gasteiger partial charge >= 0.3 is 6.18 Å². The predicted molar refractivity (Wildman–Crippen MR) is 130 cm³/mol. The number of ether oxygens (including phenoxy) is 1. The molecule has 3 aromatic rings. The molecular formula is C23H23ClF3N7O3. The highest BCUT2D eigenvalue weighted by Gasteiger charge is 2.32. The van der Waals surface area contributed by atoms with Gasteiger partial charge < -0.3 is 19.4 Å². The Hall–Kier alpha value is -3.45. The molecule has 1 atom stereocenters. The van der Waals surface area contributed by atoms with Crippen LogP contribution < -0.4 is 15.4 Å². The zero-order valence-corrected chi connectivity index (χ0v) is 20.3. The third-order valence-corrected chi connectivity index (χ3v) is 6.78. The summed E-state index contributed by atoms with van der Waals surface area (Å²) in [7, 11) is 0. The number of amides is 1. The third kappa shape index (κ3) is 5.32. The van der Waals surface area contributed by atoms with E-state index in [0.29, 0.717) is 67.5 Å². The van der Waals surface area contributed by atoms with Crippen LogP contribution in [0.15, 0.2) is 35.4 Å². The van der Waals surface area contributed by atoms with E-state index in [2.05, 4.69) is 20.2 Å². The number of hydrogen-bond acceptors (Lipinski definition) is 8. The smallest absolute Gasteiger partial charge is 0.374 e. The van der Waals surface area contributed by atoms with Crippen LogP contribution >= 0.6 is 11.6 Å². The van der Waals surface area contributed by atoms with Crippen LogP contribution in [-0.2, 0) is 15.7 Å². The number of hydrogen-bond donors (Lipinski definition) is 1. The number of halogens is 4. The van der Waals surface area contributed by atoms with Crippen LogP contribution in [0.4, 0.5) is 24.9 Å². The molecule has 2 aliphatic heterocycles. The van der Waals surface area contributed by atoms with Crippen LogP contribution in [0, 0.1) is 0 Å². The first-order valence-corrected chi connectivity index (χ1v) is 12.0. The van der Waals surface area contributed by atoms with Gasteiger partial charge in [0.25, 0.3) is 5.56 Å². The average Bonchev–Trinajstić information content (AvgIpc) is 2.89. The van der Waals surface area contributed by atoms with Gasteiger partial charge in [0, 0.05) is 57.0 Å². The fourth-order valence-electron chi connectivity index (χ4n) is 4.55. The molecule has 2 fully saturated rings. The lowest BCUT2D eigenvalue weighted by Crippen LogP contribution is -2.51. The van der Waals surface area contributed by atoms with Crippen molar-refractivity contribution in [2.24, 2.45) is 0 Å². The maximum Gasteiger partial charge on any atom is 0.419 e. The molecule has 196 valence electrons. The van der Waals surface area contributed by atoms with E-state index in [-0.39, 0.29) is 29.9 Å². The molecule has 1 amide bonds. The SMILES string of the molecule is O=C(CC1CN(c2n[nH]c(=O)c3c(Cl)cccc23)CCO1)N1CCN(c2ncc(C(F)(F)F)cn2)CC1. The molecule has 2 saturated heterocycles. The van der Waals surface area contributed by atoms with Crippen LogP contribution in [0.1, 0.15) is 12.0 Å². The van der Waals surface area contributed by atoms with E-state index >= 15 is 0 Å². The summed E-state index contributed by atoms with van der Waals surface area (Å²) in [5, 5.41) is 8.06. The number of aromatic nitrogens is 4. The standard InChI is InChI=1S/C23H23ClF3N7O3/c24-17-3-1-2-16-19(17)21(36)31-30-20(16)34-8-9-37-15(13-34)10-18(35)32-4-6-33(7-5-32)22-28-11-14(12-29-22)23(25,26)27/h1-3,11-12,15H,4-10,13H2,(H,31,36). The van der Waals surface area contributed by atoms with E-state index in [9.17, 15) is 22.8 Å². The number of fused-ring (bicyclic) bond motifs is 1. The minimum atomic E-state index is -4.49. The molecule has 4 heterocycles. The molecule has 37 heavy (non-hydrogen) atoms. The molecule has 0 radical (unpaired) electrons. The van der Waals surface area contributed by atoms with Crippen molar-refractivity contribution in [3.05, 3.63) is 51.5 Å². The van der Waals surface area contributed by atoms with Gasteiger partial charge in [0.1, 0.15) is 0 Å². The second kappa shape index (κ2) is 10.1. The quantitative estimate of drug-likeness (QED) is 0.540. The van der Waals surface area contributed by atoms with Crippen LogP contribution in [-0.4, -0.2) is 83.0 Å². The van der Waals surface area contributed by atoms with Gasteiger partial charge in [-0.2, -0.15) is 18.3 Å². The lowest BCUT2D eigenvalue weighted by Gasteiger charge is -2.37. The Morgan fingerprint density at radius 3 is 2.54 bits per heavy atom. The van der Waals surface area contributed by atoms with E-state index < -0.39 is 11.7 Å². The Kier molecular flexibility index (Phi) is 6.90. The van der Waals surface area contributed by atoms with Crippen LogP contribution in [0.25, 0.3) is 10.8 Å². The molecule has 0 aliphatic carbocycles. The van der Waals surface area contributed by atoms with E-state index in [1.807, 2.05) is 4.90 Å². The van der Waals surface area contributed by atoms with Crippen molar-refractivity contribution in [2.75, 3.05) is 55.7 Å². The first kappa shape index (κ1) is 25.2. The second-order valence-corrected chi connectivity index (χ2v) is 9.23. The summed E-state index contributed by atoms with van der Waals surface area (Å²) in [4.78, 5) is 38.3. The summed E-state index contributed by atoms with van der Waals surface area (Å²) in [6, 6.07) is 5.19. The van der Waals surface area contributed by atoms with Crippen molar-refractivity contribution in [1.82, 2.24) is 25.1 Å². The number of benzene rings is 1. The summed E-state index contributed by atoms with van der Waals surface area (Å²) in [6.45, 7) is 2.93. The lowest BCUT2D eigenvalue weighted by atomic mass is 10.1. The molecule has 1 N–H and O–H groups in total. The topological polar surface area (TPSA) is 108 Å². The molecule has 1 aromatic carbocycles. The number of carbonyl (C=O) groups excluding carboxylic acids is 1. The second-order valence-electron chi connectivity index (χ2n) is 8.82. The van der Waals surface area contributed by atoms with E-state index in [0.717, 1.165) is 12.4 Å². The van der Waals surface area contributed by atoms with Gasteiger partial charge in [0.05, 0.1) is 35.1 Å². The minimum Gasteiger partial charge on any atom is -0.374 e. The van der Waals surface area contributed by atoms with Gasteiger partial charge in [-0.15, -0.1) is 0 Å². The fraction of sp³-hybridized carbons (Fsp3) is 0.435. The maximum absolute atomic E-state index is 13.0. The van der Waals surface area contributed by atoms with Crippen molar-refractivity contribution in [2.45, 2.75) is 18.7 Å². The number of aromatic amines is 1. The third-order valence-electron chi connectivity index (χ3n) is 6.47. The largest absolute Gasteiger partial charge is 0.419 e. The molecule has 2 aliphatic rings. The highest BCUT2D eigenvalue weighted by atomic mass is 35.5. The summed E-state index contributed by atoms with van der Waals surface area (Å²) in [6.07, 6.45) is -3.18. The number of H-pyrrole nitrogens is 1. The highest BCUT2D eigenvalue weighted by Crippen LogP contribution is 2.29. The fourth-order valence-corrected chi connectivity index (χ4v) is 4.81. The number of nitrogens with zero attached hydrogens (tertiary/aromatic N) is 6. The summed E-state index contributed by atoms with van der Waals surface area (Å²) >= 11 is 6.23. The Morgan fingerprint density at radius 2 is 1.84 bits per heavy atom. The highest BCUT2D eigenvalue weighted by molar-refractivity contribution is 6.35. The van der Waals surface area contributed by atoms with E-state index in [4.69, 9.17) is 16.3 Å². The number of morpholine rings is 1. The number of piperazine rings is 1. The number of nitrogens with one attached hydrogen (secondary N) is 1. The first-order valence-electron chi connectivity index (χ1n) is 11.7. The zero-order valence-electron chi connectivity index (χ0n) is 19.5. The summed E-state index contributed by atoms with van der Waals surface area (Å²) in [5.41, 5.74) is -1.27. The van der Waals surface area contributed by atoms with Crippen LogP contribution in [0.5, 0.6) is 0 Å². The normalized spacial score (nSPS) is 18.9. The maximum atomic E-state index is 13.0. The minimum absolute atomic E-state index is 0.0813. The van der Waals surface area contributed by atoms with Crippen molar-refractivity contribution < 1.29 is 22.7 Å². The molecule has 0 saturated carbocycles. The molecule has 0 spiro atoms. The van der Waals surface area contributed by atoms with Crippen LogP contribution in [0.2, 0.25) is 5.02 Å². The van der Waals surface area contributed by atoms with Gasteiger partial charge in [0.15, 0.2) is 5.82 Å². The van der Waals surface area contributed by atoms with Crippen LogP contribution in [0.3, 0.4) is 0 Å². The van der Waals surface area contributed by atoms with Gasteiger partial charge in [-0.3, -0.25) is 9.59 Å². The number of carbonyl (C=O) groups is 1. The van der Waals surface area contributed by atoms with Gasteiger partial charge in [-0.1, -0.05) is 23.7 Å². The number of anilines is 2. The number of rotatable bonds is 4. The van der Waals surface area contributed by atoms with Crippen molar-refractivity contribution in [3.63, 3.8) is 0 Å². The molecule has 5 rings (SSSR count). The van der Waals surface area contributed by atoms with Gasteiger partial charge in [-0.05, 0) is 6.07 Å². The van der Waals surface area contributed by atoms with Gasteiger partial charge in [0.2, 0.25) is 11.9 Å². The Bertz CT molecular complexity index is 1340. The Balaban J connectivity index is 1.19. The number of alkyl halides is 3. The van der Waals surface area contributed by atoms with Crippen molar-refractivity contribution in [3.8, 4) is 0 Å². The first-order chi connectivity index (χ1) is 17.7. The summed E-state index contributed by atoms with van der Waals surface area (Å²) in [5.74, 6) is 0.692.